The number of likely N-dealkylation sites (N-methyl/N-ethyl adjacent to an activating group) is 1. The molecular weight excluding hydrogens is 404 g/mol. The second-order valence-electron chi connectivity index (χ2n) is 7.08. The highest BCUT2D eigenvalue weighted by Crippen LogP contribution is 2.22. The number of carbonyl (C=O) groups excluding carboxylic acids is 3. The Bertz CT molecular complexity index is 632. The van der Waals surface area contributed by atoms with Gasteiger partial charge in [0.15, 0.2) is 6.10 Å². The van der Waals surface area contributed by atoms with Gasteiger partial charge < -0.3 is 46.4 Å². The van der Waals surface area contributed by atoms with Gasteiger partial charge >= 0.3 is 5.97 Å². The van der Waals surface area contributed by atoms with E-state index in [9.17, 15) is 34.5 Å². The molecule has 0 aromatic heterocycles. The number of amides is 3. The third-order valence-corrected chi connectivity index (χ3v) is 4.51. The zero-order valence-electron chi connectivity index (χ0n) is 17.0. The monoisotopic (exact) mass is 434 g/mol. The molecular formula is C17H30N4O9. The molecule has 172 valence electrons. The maximum absolute atomic E-state index is 12.2. The molecule has 1 aliphatic heterocycles. The van der Waals surface area contributed by atoms with Gasteiger partial charge in [0.25, 0.3) is 0 Å². The van der Waals surface area contributed by atoms with Crippen molar-refractivity contribution in [2.75, 3.05) is 20.1 Å². The summed E-state index contributed by atoms with van der Waals surface area (Å²) >= 11 is 0. The fourth-order valence-corrected chi connectivity index (χ4v) is 2.78. The van der Waals surface area contributed by atoms with Gasteiger partial charge in [-0.15, -0.1) is 0 Å². The van der Waals surface area contributed by atoms with Gasteiger partial charge in [0, 0.05) is 13.0 Å². The molecule has 1 fully saturated rings. The fraction of sp³-hybridized carbons (Fsp3) is 0.765. The summed E-state index contributed by atoms with van der Waals surface area (Å²) in [7, 11) is 1.57. The van der Waals surface area contributed by atoms with Crippen molar-refractivity contribution < 1.29 is 44.3 Å². The van der Waals surface area contributed by atoms with Crippen LogP contribution in [0.2, 0.25) is 0 Å². The van der Waals surface area contributed by atoms with Crippen LogP contribution in [0.5, 0.6) is 0 Å². The SMILES string of the molecule is CNCC(=O)N[C@@H](C)C(=O)N[C@@H](C)C(=O)NC[C@@H](O)[C@H]1O[C@H](C(=O)O)C[C@@H](O)[C@H]1O. The maximum atomic E-state index is 12.2. The smallest absolute Gasteiger partial charge is 0.332 e. The second-order valence-corrected chi connectivity index (χ2v) is 7.08. The van der Waals surface area contributed by atoms with Crippen LogP contribution in [0.25, 0.3) is 0 Å². The van der Waals surface area contributed by atoms with Gasteiger partial charge in [0.05, 0.1) is 12.6 Å². The van der Waals surface area contributed by atoms with E-state index in [0.717, 1.165) is 0 Å². The quantitative estimate of drug-likeness (QED) is 0.166. The minimum atomic E-state index is -1.54. The van der Waals surface area contributed by atoms with E-state index in [1.165, 1.54) is 13.8 Å². The molecule has 8 N–H and O–H groups in total. The fourth-order valence-electron chi connectivity index (χ4n) is 2.78. The van der Waals surface area contributed by atoms with Gasteiger partial charge in [-0.05, 0) is 20.9 Å². The zero-order chi connectivity index (χ0) is 23.0. The van der Waals surface area contributed by atoms with Gasteiger partial charge in [-0.2, -0.15) is 0 Å². The van der Waals surface area contributed by atoms with Crippen LogP contribution in [0.4, 0.5) is 0 Å². The Morgan fingerprint density at radius 3 is 2.23 bits per heavy atom. The first kappa shape index (κ1) is 25.7. The van der Waals surface area contributed by atoms with Crippen LogP contribution in [-0.4, -0.2) is 107 Å². The molecule has 0 spiro atoms. The Kier molecular flexibility index (Phi) is 10.1. The summed E-state index contributed by atoms with van der Waals surface area (Å²) in [6.07, 6.45) is -7.62. The van der Waals surface area contributed by atoms with Crippen molar-refractivity contribution in [3.63, 3.8) is 0 Å². The van der Waals surface area contributed by atoms with Gasteiger partial charge in [0.1, 0.15) is 30.4 Å². The molecule has 0 radical (unpaired) electrons. The van der Waals surface area contributed by atoms with Crippen molar-refractivity contribution in [1.29, 1.82) is 0 Å². The topological polar surface area (TPSA) is 207 Å². The van der Waals surface area contributed by atoms with Crippen molar-refractivity contribution in [3.05, 3.63) is 0 Å². The number of rotatable bonds is 10. The molecule has 0 bridgehead atoms. The zero-order valence-corrected chi connectivity index (χ0v) is 17.0. The number of aliphatic hydroxyl groups excluding tert-OH is 3. The van der Waals surface area contributed by atoms with Crippen LogP contribution < -0.4 is 21.3 Å². The van der Waals surface area contributed by atoms with E-state index in [4.69, 9.17) is 9.84 Å². The summed E-state index contributed by atoms with van der Waals surface area (Å²) in [4.78, 5) is 46.7. The van der Waals surface area contributed by atoms with E-state index in [1.807, 2.05) is 0 Å². The summed E-state index contributed by atoms with van der Waals surface area (Å²) in [6, 6.07) is -1.89. The predicted octanol–water partition coefficient (Wildman–Crippen LogP) is -4.34. The average molecular weight is 434 g/mol. The first-order chi connectivity index (χ1) is 14.0. The van der Waals surface area contributed by atoms with E-state index in [1.54, 1.807) is 7.05 Å². The third kappa shape index (κ3) is 7.50. The molecule has 13 heteroatoms. The molecule has 0 unspecified atom stereocenters. The number of nitrogens with one attached hydrogen (secondary N) is 4. The first-order valence-corrected chi connectivity index (χ1v) is 9.42. The summed E-state index contributed by atoms with van der Waals surface area (Å²) in [6.45, 7) is 2.44. The molecule has 1 heterocycles. The van der Waals surface area contributed by atoms with Gasteiger partial charge in [-0.25, -0.2) is 4.79 Å². The van der Waals surface area contributed by atoms with Crippen molar-refractivity contribution in [2.24, 2.45) is 0 Å². The summed E-state index contributed by atoms with van der Waals surface area (Å²) in [5.74, 6) is -3.01. The summed E-state index contributed by atoms with van der Waals surface area (Å²) < 4.78 is 5.11. The molecule has 0 aliphatic carbocycles. The van der Waals surface area contributed by atoms with Gasteiger partial charge in [0.2, 0.25) is 17.7 Å². The first-order valence-electron chi connectivity index (χ1n) is 9.42. The highest BCUT2D eigenvalue weighted by atomic mass is 16.5. The molecule has 0 aromatic rings. The lowest BCUT2D eigenvalue weighted by Gasteiger charge is -2.37. The number of hydrogen-bond acceptors (Lipinski definition) is 9. The second kappa shape index (κ2) is 11.8. The number of carbonyl (C=O) groups is 4. The maximum Gasteiger partial charge on any atom is 0.332 e. The van der Waals surface area contributed by atoms with Crippen LogP contribution in [0.1, 0.15) is 20.3 Å². The van der Waals surface area contributed by atoms with Crippen LogP contribution in [0.3, 0.4) is 0 Å². The lowest BCUT2D eigenvalue weighted by atomic mass is 9.94. The lowest BCUT2D eigenvalue weighted by molar-refractivity contribution is -0.208. The normalized spacial score (nSPS) is 26.7. The highest BCUT2D eigenvalue weighted by molar-refractivity contribution is 5.91. The van der Waals surface area contributed by atoms with Crippen molar-refractivity contribution in [1.82, 2.24) is 21.3 Å². The van der Waals surface area contributed by atoms with Crippen LogP contribution in [-0.2, 0) is 23.9 Å². The van der Waals surface area contributed by atoms with Crippen molar-refractivity contribution >= 4 is 23.7 Å². The Morgan fingerprint density at radius 2 is 1.67 bits per heavy atom. The molecule has 3 amide bonds. The summed E-state index contributed by atoms with van der Waals surface area (Å²) in [5.41, 5.74) is 0. The standard InChI is InChI=1S/C17H30N4O9/c1-7(21-16(27)8(2)20-12(24)6-18-3)15(26)19-5-10(23)14-13(25)9(22)4-11(30-14)17(28)29/h7-11,13-14,18,22-23,25H,4-6H2,1-3H3,(H,19,26)(H,20,24)(H,21,27)(H,28,29)/t7-,8-,9+,10+,11-,13+,14+/m0/s1. The van der Waals surface area contributed by atoms with Crippen molar-refractivity contribution in [3.8, 4) is 0 Å². The largest absolute Gasteiger partial charge is 0.479 e. The van der Waals surface area contributed by atoms with Gasteiger partial charge in [-0.1, -0.05) is 0 Å². The van der Waals surface area contributed by atoms with E-state index < -0.39 is 72.8 Å². The van der Waals surface area contributed by atoms with Crippen LogP contribution in [0, 0.1) is 0 Å². The Hall–Kier alpha value is -2.32. The molecule has 0 aromatic carbocycles. The van der Waals surface area contributed by atoms with Crippen molar-refractivity contribution in [2.45, 2.75) is 62.9 Å². The average Bonchev–Trinajstić information content (AvgIpc) is 2.67. The number of hydrogen-bond donors (Lipinski definition) is 8. The highest BCUT2D eigenvalue weighted by Gasteiger charge is 2.43. The Balaban J connectivity index is 2.52. The van der Waals surface area contributed by atoms with E-state index in [-0.39, 0.29) is 13.0 Å². The molecule has 30 heavy (non-hydrogen) atoms. The predicted molar refractivity (Wildman–Crippen MR) is 101 cm³/mol. The minimum Gasteiger partial charge on any atom is -0.479 e. The van der Waals surface area contributed by atoms with E-state index >= 15 is 0 Å². The van der Waals surface area contributed by atoms with E-state index in [0.29, 0.717) is 0 Å². The number of carboxylic acids is 1. The van der Waals surface area contributed by atoms with E-state index in [2.05, 4.69) is 21.3 Å². The minimum absolute atomic E-state index is 0.0259. The number of aliphatic hydroxyl groups is 3. The third-order valence-electron chi connectivity index (χ3n) is 4.51. The number of aliphatic carboxylic acids is 1. The lowest BCUT2D eigenvalue weighted by Crippen LogP contribution is -2.58. The number of carboxylic acid groups (broad SMARTS) is 1. The molecule has 1 aliphatic rings. The Morgan fingerprint density at radius 1 is 1.07 bits per heavy atom. The van der Waals surface area contributed by atoms with Gasteiger partial charge in [-0.3, -0.25) is 14.4 Å². The molecule has 1 rings (SSSR count). The number of ether oxygens (including phenoxy) is 1. The molecule has 0 saturated carbocycles. The Labute approximate surface area is 173 Å². The molecule has 7 atom stereocenters. The van der Waals surface area contributed by atoms with Crippen LogP contribution >= 0.6 is 0 Å². The molecule has 13 nitrogen and oxygen atoms in total. The van der Waals surface area contributed by atoms with Crippen LogP contribution in [0.15, 0.2) is 0 Å². The molecule has 1 saturated heterocycles. The summed E-state index contributed by atoms with van der Waals surface area (Å²) in [5, 5.41) is 48.7.